The van der Waals surface area contributed by atoms with Gasteiger partial charge in [-0.3, -0.25) is 4.79 Å². The Balaban J connectivity index is 1.53. The third-order valence-electron chi connectivity index (χ3n) is 5.27. The molecule has 0 aromatic heterocycles. The molecule has 1 fully saturated rings. The highest BCUT2D eigenvalue weighted by molar-refractivity contribution is 6.30. The maximum atomic E-state index is 13.4. The van der Waals surface area contributed by atoms with Crippen LogP contribution in [0.25, 0.3) is 0 Å². The van der Waals surface area contributed by atoms with E-state index in [2.05, 4.69) is 5.32 Å². The predicted octanol–water partition coefficient (Wildman–Crippen LogP) is 5.38. The van der Waals surface area contributed by atoms with E-state index in [1.165, 1.54) is 0 Å². The van der Waals surface area contributed by atoms with E-state index in [0.717, 1.165) is 37.4 Å². The maximum Gasteiger partial charge on any atom is 0.254 e. The topological polar surface area (TPSA) is 41.6 Å². The predicted molar refractivity (Wildman–Crippen MR) is 120 cm³/mol. The van der Waals surface area contributed by atoms with Crippen molar-refractivity contribution in [3.05, 3.63) is 95.0 Å². The van der Waals surface area contributed by atoms with Gasteiger partial charge in [0.25, 0.3) is 5.91 Å². The second-order valence-electron chi connectivity index (χ2n) is 7.61. The van der Waals surface area contributed by atoms with E-state index >= 15 is 0 Å². The molecule has 4 rings (SSSR count). The summed E-state index contributed by atoms with van der Waals surface area (Å²) in [6, 6.07) is 24.7. The zero-order valence-corrected chi connectivity index (χ0v) is 17.5. The van der Waals surface area contributed by atoms with E-state index < -0.39 is 0 Å². The SMILES string of the molecule is O=C(c1cccc(Oc2ccccc2)c1)N(Cc1ccc(Cl)cc1)CC1CCNC1. The molecule has 1 unspecified atom stereocenters. The Morgan fingerprint density at radius 1 is 1.00 bits per heavy atom. The van der Waals surface area contributed by atoms with Crippen LogP contribution < -0.4 is 10.1 Å². The van der Waals surface area contributed by atoms with Crippen LogP contribution in [-0.4, -0.2) is 30.4 Å². The lowest BCUT2D eigenvalue weighted by Gasteiger charge is -2.26. The summed E-state index contributed by atoms with van der Waals surface area (Å²) in [5.41, 5.74) is 1.69. The molecule has 0 bridgehead atoms. The lowest BCUT2D eigenvalue weighted by molar-refractivity contribution is 0.0718. The molecule has 30 heavy (non-hydrogen) atoms. The van der Waals surface area contributed by atoms with Gasteiger partial charge >= 0.3 is 0 Å². The van der Waals surface area contributed by atoms with Crippen LogP contribution in [0, 0.1) is 5.92 Å². The van der Waals surface area contributed by atoms with Gasteiger partial charge in [-0.1, -0.05) is 48.0 Å². The summed E-state index contributed by atoms with van der Waals surface area (Å²) in [6.45, 7) is 3.23. The number of benzene rings is 3. The Morgan fingerprint density at radius 2 is 1.77 bits per heavy atom. The summed E-state index contributed by atoms with van der Waals surface area (Å²) in [7, 11) is 0. The summed E-state index contributed by atoms with van der Waals surface area (Å²) in [5.74, 6) is 1.87. The van der Waals surface area contributed by atoms with Crippen molar-refractivity contribution in [1.82, 2.24) is 10.2 Å². The third kappa shape index (κ3) is 5.41. The number of amides is 1. The van der Waals surface area contributed by atoms with Crippen molar-refractivity contribution in [2.45, 2.75) is 13.0 Å². The average Bonchev–Trinajstić information content (AvgIpc) is 3.28. The van der Waals surface area contributed by atoms with Crippen LogP contribution in [-0.2, 0) is 6.54 Å². The van der Waals surface area contributed by atoms with Gasteiger partial charge in [0.1, 0.15) is 11.5 Å². The van der Waals surface area contributed by atoms with Gasteiger partial charge in [0.05, 0.1) is 0 Å². The fraction of sp³-hybridized carbons (Fsp3) is 0.240. The molecule has 1 heterocycles. The highest BCUT2D eigenvalue weighted by Crippen LogP contribution is 2.24. The van der Waals surface area contributed by atoms with E-state index in [-0.39, 0.29) is 5.91 Å². The Labute approximate surface area is 182 Å². The quantitative estimate of drug-likeness (QED) is 0.557. The fourth-order valence-electron chi connectivity index (χ4n) is 3.71. The van der Waals surface area contributed by atoms with E-state index in [0.29, 0.717) is 28.8 Å². The number of hydrogen-bond donors (Lipinski definition) is 1. The first kappa shape index (κ1) is 20.5. The molecule has 4 nitrogen and oxygen atoms in total. The first-order chi connectivity index (χ1) is 14.7. The van der Waals surface area contributed by atoms with Crippen LogP contribution >= 0.6 is 11.6 Å². The summed E-state index contributed by atoms with van der Waals surface area (Å²) < 4.78 is 5.92. The van der Waals surface area contributed by atoms with E-state index in [1.54, 1.807) is 0 Å². The minimum absolute atomic E-state index is 0.00959. The molecule has 1 aliphatic heterocycles. The number of rotatable bonds is 7. The number of carbonyl (C=O) groups excluding carboxylic acids is 1. The van der Waals surface area contributed by atoms with Crippen molar-refractivity contribution < 1.29 is 9.53 Å². The molecular weight excluding hydrogens is 396 g/mol. The van der Waals surface area contributed by atoms with Crippen molar-refractivity contribution in [3.63, 3.8) is 0 Å². The molecule has 0 aliphatic carbocycles. The first-order valence-corrected chi connectivity index (χ1v) is 10.6. The van der Waals surface area contributed by atoms with Gasteiger partial charge in [-0.2, -0.15) is 0 Å². The van der Waals surface area contributed by atoms with Gasteiger partial charge in [0.2, 0.25) is 0 Å². The second kappa shape index (κ2) is 9.79. The molecule has 0 saturated carbocycles. The van der Waals surface area contributed by atoms with Crippen molar-refractivity contribution in [3.8, 4) is 11.5 Å². The van der Waals surface area contributed by atoms with Crippen LogP contribution in [0.3, 0.4) is 0 Å². The zero-order valence-electron chi connectivity index (χ0n) is 16.8. The normalized spacial score (nSPS) is 15.7. The lowest BCUT2D eigenvalue weighted by Crippen LogP contribution is -2.35. The van der Waals surface area contributed by atoms with Gasteiger partial charge in [0, 0.05) is 23.7 Å². The van der Waals surface area contributed by atoms with Crippen LogP contribution in [0.5, 0.6) is 11.5 Å². The van der Waals surface area contributed by atoms with Gasteiger partial charge in [0.15, 0.2) is 0 Å². The molecule has 1 N–H and O–H groups in total. The number of hydrogen-bond acceptors (Lipinski definition) is 3. The van der Waals surface area contributed by atoms with Crippen LogP contribution in [0.4, 0.5) is 0 Å². The molecule has 1 aliphatic rings. The molecule has 0 radical (unpaired) electrons. The molecule has 3 aromatic rings. The molecular formula is C25H25ClN2O2. The Kier molecular flexibility index (Phi) is 6.67. The molecule has 1 amide bonds. The van der Waals surface area contributed by atoms with Crippen LogP contribution in [0.1, 0.15) is 22.3 Å². The van der Waals surface area contributed by atoms with Gasteiger partial charge in [-0.25, -0.2) is 0 Å². The summed E-state index contributed by atoms with van der Waals surface area (Å²) in [4.78, 5) is 15.4. The van der Waals surface area contributed by atoms with E-state index in [1.807, 2.05) is 83.8 Å². The lowest BCUT2D eigenvalue weighted by atomic mass is 10.1. The van der Waals surface area contributed by atoms with Crippen molar-refractivity contribution in [2.24, 2.45) is 5.92 Å². The maximum absolute atomic E-state index is 13.4. The Morgan fingerprint density at radius 3 is 2.50 bits per heavy atom. The number of nitrogens with one attached hydrogen (secondary N) is 1. The van der Waals surface area contributed by atoms with Crippen molar-refractivity contribution in [1.29, 1.82) is 0 Å². The Hall–Kier alpha value is -2.82. The highest BCUT2D eigenvalue weighted by Gasteiger charge is 2.23. The summed E-state index contributed by atoms with van der Waals surface area (Å²) >= 11 is 6.03. The van der Waals surface area contributed by atoms with Crippen molar-refractivity contribution >= 4 is 17.5 Å². The number of halogens is 1. The highest BCUT2D eigenvalue weighted by atomic mass is 35.5. The number of ether oxygens (including phenoxy) is 1. The third-order valence-corrected chi connectivity index (χ3v) is 5.53. The first-order valence-electron chi connectivity index (χ1n) is 10.2. The van der Waals surface area contributed by atoms with Gasteiger partial charge < -0.3 is 15.0 Å². The fourth-order valence-corrected chi connectivity index (χ4v) is 3.84. The Bertz CT molecular complexity index is 970. The molecule has 1 saturated heterocycles. The van der Waals surface area contributed by atoms with Crippen molar-refractivity contribution in [2.75, 3.05) is 19.6 Å². The zero-order chi connectivity index (χ0) is 20.8. The van der Waals surface area contributed by atoms with Crippen LogP contribution in [0.2, 0.25) is 5.02 Å². The van der Waals surface area contributed by atoms with Gasteiger partial charge in [-0.05, 0) is 73.5 Å². The second-order valence-corrected chi connectivity index (χ2v) is 8.05. The number of carbonyl (C=O) groups is 1. The number of para-hydroxylation sites is 1. The molecule has 5 heteroatoms. The molecule has 1 atom stereocenters. The van der Waals surface area contributed by atoms with E-state index in [9.17, 15) is 4.79 Å². The van der Waals surface area contributed by atoms with E-state index in [4.69, 9.17) is 16.3 Å². The largest absolute Gasteiger partial charge is 0.457 e. The van der Waals surface area contributed by atoms with Gasteiger partial charge in [-0.15, -0.1) is 0 Å². The summed E-state index contributed by atoms with van der Waals surface area (Å²) in [6.07, 6.45) is 1.08. The smallest absolute Gasteiger partial charge is 0.254 e. The number of nitrogens with zero attached hydrogens (tertiary/aromatic N) is 1. The minimum Gasteiger partial charge on any atom is -0.457 e. The molecule has 0 spiro atoms. The minimum atomic E-state index is 0.00959. The van der Waals surface area contributed by atoms with Crippen LogP contribution in [0.15, 0.2) is 78.9 Å². The molecule has 154 valence electrons. The monoisotopic (exact) mass is 420 g/mol. The molecule has 3 aromatic carbocycles. The standard InChI is InChI=1S/C25H25ClN2O2/c26-22-11-9-19(10-12-22)17-28(18-20-13-14-27-16-20)25(29)21-5-4-8-24(15-21)30-23-6-2-1-3-7-23/h1-12,15,20,27H,13-14,16-18H2. The average molecular weight is 421 g/mol. The summed E-state index contributed by atoms with van der Waals surface area (Å²) in [5, 5.41) is 4.09.